The fourth-order valence-corrected chi connectivity index (χ4v) is 3.75. The molecule has 4 rings (SSSR count). The van der Waals surface area contributed by atoms with Crippen LogP contribution in [-0.4, -0.2) is 23.7 Å². The van der Waals surface area contributed by atoms with E-state index in [1.165, 1.54) is 24.3 Å². The highest BCUT2D eigenvalue weighted by molar-refractivity contribution is 6.31. The van der Waals surface area contributed by atoms with E-state index in [9.17, 15) is 19.2 Å². The van der Waals surface area contributed by atoms with Gasteiger partial charge in [0.05, 0.1) is 11.3 Å². The molecule has 8 heteroatoms. The minimum absolute atomic E-state index is 0.169. The molecule has 1 atom stereocenters. The monoisotopic (exact) mass is 476 g/mol. The molecule has 3 amide bonds. The number of benzene rings is 3. The van der Waals surface area contributed by atoms with Gasteiger partial charge in [0.1, 0.15) is 0 Å². The van der Waals surface area contributed by atoms with Crippen LogP contribution in [0.2, 0.25) is 5.02 Å². The van der Waals surface area contributed by atoms with Crippen molar-refractivity contribution in [2.24, 2.45) is 0 Å². The number of ether oxygens (including phenoxy) is 1. The summed E-state index contributed by atoms with van der Waals surface area (Å²) in [6.07, 6.45) is -0.874. The van der Waals surface area contributed by atoms with Crippen molar-refractivity contribution in [1.82, 2.24) is 0 Å². The maximum absolute atomic E-state index is 13.1. The minimum Gasteiger partial charge on any atom is -0.444 e. The number of nitrogens with zero attached hydrogens (tertiary/aromatic N) is 1. The first-order chi connectivity index (χ1) is 16.3. The molecular formula is C26H21ClN2O5. The Labute approximate surface area is 201 Å². The van der Waals surface area contributed by atoms with Crippen LogP contribution >= 0.6 is 11.6 Å². The maximum Gasteiger partial charge on any atom is 0.339 e. The summed E-state index contributed by atoms with van der Waals surface area (Å²) in [5.41, 5.74) is 2.40. The molecule has 34 heavy (non-hydrogen) atoms. The molecule has 0 spiro atoms. The predicted molar refractivity (Wildman–Crippen MR) is 128 cm³/mol. The van der Waals surface area contributed by atoms with Crippen LogP contribution in [0, 0.1) is 6.92 Å². The van der Waals surface area contributed by atoms with Crippen LogP contribution in [0.15, 0.2) is 72.8 Å². The van der Waals surface area contributed by atoms with E-state index in [0.717, 1.165) is 10.5 Å². The second kappa shape index (κ2) is 9.89. The van der Waals surface area contributed by atoms with E-state index in [2.05, 4.69) is 5.32 Å². The summed E-state index contributed by atoms with van der Waals surface area (Å²) in [5, 5.41) is 3.24. The number of halogens is 1. The van der Waals surface area contributed by atoms with Crippen molar-refractivity contribution >= 4 is 46.7 Å². The number of nitrogens with one attached hydrogen (secondary N) is 1. The van der Waals surface area contributed by atoms with Crippen molar-refractivity contribution in [2.45, 2.75) is 25.9 Å². The lowest BCUT2D eigenvalue weighted by Gasteiger charge is -2.19. The molecule has 1 N–H and O–H groups in total. The third-order valence-corrected chi connectivity index (χ3v) is 5.82. The van der Waals surface area contributed by atoms with E-state index in [0.29, 0.717) is 22.0 Å². The summed E-state index contributed by atoms with van der Waals surface area (Å²) in [4.78, 5) is 50.9. The van der Waals surface area contributed by atoms with E-state index in [4.69, 9.17) is 16.3 Å². The second-order valence-electron chi connectivity index (χ2n) is 7.82. The van der Waals surface area contributed by atoms with Crippen LogP contribution in [0.5, 0.6) is 0 Å². The molecule has 0 aliphatic carbocycles. The molecule has 1 aliphatic rings. The zero-order valence-electron chi connectivity index (χ0n) is 18.3. The average molecular weight is 477 g/mol. The lowest BCUT2D eigenvalue weighted by atomic mass is 10.1. The first-order valence-corrected chi connectivity index (χ1v) is 11.0. The molecular weight excluding hydrogens is 456 g/mol. The number of rotatable bonds is 6. The molecule has 1 fully saturated rings. The molecule has 1 unspecified atom stereocenters. The second-order valence-corrected chi connectivity index (χ2v) is 8.23. The third-order valence-electron chi connectivity index (χ3n) is 5.42. The van der Waals surface area contributed by atoms with Gasteiger partial charge in [-0.2, -0.15) is 0 Å². The topological polar surface area (TPSA) is 92.8 Å². The Hall–Kier alpha value is -3.97. The van der Waals surface area contributed by atoms with E-state index in [1.807, 2.05) is 6.92 Å². The molecule has 7 nitrogen and oxygen atoms in total. The van der Waals surface area contributed by atoms with Gasteiger partial charge >= 0.3 is 5.97 Å². The Morgan fingerprint density at radius 3 is 2.21 bits per heavy atom. The molecule has 1 saturated heterocycles. The summed E-state index contributed by atoms with van der Waals surface area (Å²) in [7, 11) is 0. The van der Waals surface area contributed by atoms with Gasteiger partial charge in [-0.3, -0.25) is 19.3 Å². The van der Waals surface area contributed by atoms with Crippen LogP contribution in [0.3, 0.4) is 0 Å². The number of esters is 1. The lowest BCUT2D eigenvalue weighted by Crippen LogP contribution is -2.28. The lowest BCUT2D eigenvalue weighted by molar-refractivity contribution is -0.125. The van der Waals surface area contributed by atoms with Crippen molar-refractivity contribution in [3.05, 3.63) is 94.5 Å². The molecule has 0 saturated carbocycles. The minimum atomic E-state index is -1.21. The van der Waals surface area contributed by atoms with Gasteiger partial charge in [0.2, 0.25) is 17.9 Å². The SMILES string of the molecule is Cc1ccc(NC(=O)C(OC(=O)c2ccc(N3C(=O)CCC3=O)cc2)c2ccccc2)cc1Cl. The maximum atomic E-state index is 13.1. The summed E-state index contributed by atoms with van der Waals surface area (Å²) in [6.45, 7) is 1.85. The van der Waals surface area contributed by atoms with Crippen LogP contribution in [-0.2, 0) is 19.1 Å². The largest absolute Gasteiger partial charge is 0.444 e. The number of carbonyl (C=O) groups is 4. The molecule has 1 heterocycles. The molecule has 1 aliphatic heterocycles. The van der Waals surface area contributed by atoms with Gasteiger partial charge in [0.15, 0.2) is 0 Å². The first kappa shape index (κ1) is 23.2. The number of amides is 3. The normalized spacial score (nSPS) is 14.1. The highest BCUT2D eigenvalue weighted by atomic mass is 35.5. The van der Waals surface area contributed by atoms with Gasteiger partial charge < -0.3 is 10.1 Å². The molecule has 3 aromatic rings. The number of hydrogen-bond donors (Lipinski definition) is 1. The van der Waals surface area contributed by atoms with Gasteiger partial charge in [0.25, 0.3) is 5.91 Å². The summed E-state index contributed by atoms with van der Waals surface area (Å²) in [5.74, 6) is -1.82. The summed E-state index contributed by atoms with van der Waals surface area (Å²) in [6, 6.07) is 19.7. The number of aryl methyl sites for hydroxylation is 1. The van der Waals surface area contributed by atoms with Crippen LogP contribution in [0.1, 0.15) is 40.4 Å². The number of imide groups is 1. The molecule has 0 aromatic heterocycles. The zero-order valence-corrected chi connectivity index (χ0v) is 19.0. The van der Waals surface area contributed by atoms with Crippen molar-refractivity contribution in [1.29, 1.82) is 0 Å². The highest BCUT2D eigenvalue weighted by Crippen LogP contribution is 2.26. The van der Waals surface area contributed by atoms with Crippen molar-refractivity contribution in [3.63, 3.8) is 0 Å². The van der Waals surface area contributed by atoms with Gasteiger partial charge in [-0.15, -0.1) is 0 Å². The molecule has 172 valence electrons. The van der Waals surface area contributed by atoms with Gasteiger partial charge in [0, 0.05) is 29.1 Å². The predicted octanol–water partition coefficient (Wildman–Crippen LogP) is 4.84. The van der Waals surface area contributed by atoms with Gasteiger partial charge in [-0.1, -0.05) is 48.0 Å². The van der Waals surface area contributed by atoms with Crippen LogP contribution in [0.25, 0.3) is 0 Å². The van der Waals surface area contributed by atoms with Crippen molar-refractivity contribution in [2.75, 3.05) is 10.2 Å². The molecule has 0 bridgehead atoms. The van der Waals surface area contributed by atoms with E-state index in [-0.39, 0.29) is 30.2 Å². The zero-order chi connectivity index (χ0) is 24.2. The standard InChI is InChI=1S/C26H21ClN2O5/c1-16-7-10-19(15-21(16)27)28-25(32)24(17-5-3-2-4-6-17)34-26(33)18-8-11-20(12-9-18)29-22(30)13-14-23(29)31/h2-12,15,24H,13-14H2,1H3,(H,28,32). The fourth-order valence-electron chi connectivity index (χ4n) is 3.57. The highest BCUT2D eigenvalue weighted by Gasteiger charge is 2.31. The van der Waals surface area contributed by atoms with Crippen LogP contribution < -0.4 is 10.2 Å². The fraction of sp³-hybridized carbons (Fsp3) is 0.154. The van der Waals surface area contributed by atoms with Gasteiger partial charge in [-0.25, -0.2) is 4.79 Å². The van der Waals surface area contributed by atoms with Crippen molar-refractivity contribution < 1.29 is 23.9 Å². The number of hydrogen-bond acceptors (Lipinski definition) is 5. The first-order valence-electron chi connectivity index (χ1n) is 10.6. The third kappa shape index (κ3) is 5.00. The Morgan fingerprint density at radius 2 is 1.59 bits per heavy atom. The Morgan fingerprint density at radius 1 is 0.941 bits per heavy atom. The Balaban J connectivity index is 1.53. The van der Waals surface area contributed by atoms with E-state index in [1.54, 1.807) is 48.5 Å². The van der Waals surface area contributed by atoms with Gasteiger partial charge in [-0.05, 0) is 48.9 Å². The van der Waals surface area contributed by atoms with E-state index >= 15 is 0 Å². The van der Waals surface area contributed by atoms with E-state index < -0.39 is 18.0 Å². The number of carbonyl (C=O) groups excluding carboxylic acids is 4. The van der Waals surface area contributed by atoms with Crippen molar-refractivity contribution in [3.8, 4) is 0 Å². The molecule has 0 radical (unpaired) electrons. The number of anilines is 2. The quantitative estimate of drug-likeness (QED) is 0.406. The summed E-state index contributed by atoms with van der Waals surface area (Å²) < 4.78 is 5.59. The van der Waals surface area contributed by atoms with Crippen LogP contribution in [0.4, 0.5) is 11.4 Å². The summed E-state index contributed by atoms with van der Waals surface area (Å²) >= 11 is 6.15. The average Bonchev–Trinajstić information content (AvgIpc) is 3.18. The Kier molecular flexibility index (Phi) is 6.75. The smallest absolute Gasteiger partial charge is 0.339 e. The molecule has 3 aromatic carbocycles. The Bertz CT molecular complexity index is 1240.